The molecule has 3 saturated carbocycles. The Labute approximate surface area is 200 Å². The lowest BCUT2D eigenvalue weighted by molar-refractivity contribution is -0.153. The highest BCUT2D eigenvalue weighted by Gasteiger charge is 2.44. The summed E-state index contributed by atoms with van der Waals surface area (Å²) in [6.07, 6.45) is 28.0. The maximum Gasteiger partial charge on any atom is 0.306 e. The molecule has 0 saturated heterocycles. The number of unbranched alkanes of at least 4 members (excludes halogenated alkanes) is 9. The van der Waals surface area contributed by atoms with Gasteiger partial charge in [-0.05, 0) is 81.0 Å². The molecule has 0 aliphatic heterocycles. The lowest BCUT2D eigenvalue weighted by Gasteiger charge is -2.50. The van der Waals surface area contributed by atoms with Crippen molar-refractivity contribution in [1.82, 2.24) is 0 Å². The van der Waals surface area contributed by atoms with Crippen LogP contribution in [0.5, 0.6) is 0 Å². The van der Waals surface area contributed by atoms with Crippen molar-refractivity contribution < 1.29 is 9.53 Å². The zero-order chi connectivity index (χ0) is 22.6. The van der Waals surface area contributed by atoms with E-state index in [1.165, 1.54) is 109 Å². The van der Waals surface area contributed by atoms with Gasteiger partial charge in [0.2, 0.25) is 0 Å². The third-order valence-electron chi connectivity index (χ3n) is 9.35. The molecule has 0 amide bonds. The van der Waals surface area contributed by atoms with E-state index in [2.05, 4.69) is 13.8 Å². The van der Waals surface area contributed by atoms with E-state index in [1.807, 2.05) is 0 Å². The van der Waals surface area contributed by atoms with Crippen molar-refractivity contribution in [2.75, 3.05) is 0 Å². The quantitative estimate of drug-likeness (QED) is 0.196. The van der Waals surface area contributed by atoms with Gasteiger partial charge in [0, 0.05) is 6.42 Å². The van der Waals surface area contributed by atoms with Crippen molar-refractivity contribution in [2.24, 2.45) is 29.6 Å². The fraction of sp³-hybridized carbons (Fsp3) is 0.967. The number of fused-ring (bicyclic) bond motifs is 3. The standard InChI is InChI=1S/C30H54O2/c1-3-5-7-9-11-12-14-24-16-20-28-25(22-24)17-18-26-23-27(19-21-29(26)28)32-30(31)15-13-10-8-6-4-2/h24-29H,3-23H2,1-2H3. The highest BCUT2D eigenvalue weighted by atomic mass is 16.5. The second-order valence-corrected chi connectivity index (χ2v) is 11.7. The molecule has 0 radical (unpaired) electrons. The van der Waals surface area contributed by atoms with Crippen LogP contribution >= 0.6 is 0 Å². The summed E-state index contributed by atoms with van der Waals surface area (Å²) >= 11 is 0. The van der Waals surface area contributed by atoms with Crippen molar-refractivity contribution >= 4 is 5.97 Å². The highest BCUT2D eigenvalue weighted by molar-refractivity contribution is 5.69. The van der Waals surface area contributed by atoms with Gasteiger partial charge < -0.3 is 4.74 Å². The molecule has 32 heavy (non-hydrogen) atoms. The first-order valence-electron chi connectivity index (χ1n) is 14.9. The maximum atomic E-state index is 12.3. The summed E-state index contributed by atoms with van der Waals surface area (Å²) in [7, 11) is 0. The first-order valence-corrected chi connectivity index (χ1v) is 14.9. The zero-order valence-electron chi connectivity index (χ0n) is 21.6. The van der Waals surface area contributed by atoms with Gasteiger partial charge in [0.25, 0.3) is 0 Å². The van der Waals surface area contributed by atoms with Gasteiger partial charge in [-0.1, -0.05) is 90.9 Å². The summed E-state index contributed by atoms with van der Waals surface area (Å²) in [6, 6.07) is 0. The maximum absolute atomic E-state index is 12.3. The Morgan fingerprint density at radius 1 is 0.656 bits per heavy atom. The molecular formula is C30H54O2. The van der Waals surface area contributed by atoms with Crippen molar-refractivity contribution in [3.63, 3.8) is 0 Å². The Balaban J connectivity index is 1.32. The van der Waals surface area contributed by atoms with Crippen LogP contribution in [0.2, 0.25) is 0 Å². The van der Waals surface area contributed by atoms with Crippen molar-refractivity contribution in [3.05, 3.63) is 0 Å². The minimum atomic E-state index is 0.0776. The minimum absolute atomic E-state index is 0.0776. The number of esters is 1. The van der Waals surface area contributed by atoms with Crippen molar-refractivity contribution in [2.45, 2.75) is 155 Å². The molecule has 186 valence electrons. The molecule has 3 rings (SSSR count). The van der Waals surface area contributed by atoms with E-state index >= 15 is 0 Å². The first-order chi connectivity index (χ1) is 15.7. The van der Waals surface area contributed by atoms with Gasteiger partial charge in [0.15, 0.2) is 0 Å². The Bertz CT molecular complexity index is 515. The summed E-state index contributed by atoms with van der Waals surface area (Å²) in [4.78, 5) is 12.3. The van der Waals surface area contributed by atoms with Crippen LogP contribution in [0, 0.1) is 29.6 Å². The third-order valence-corrected chi connectivity index (χ3v) is 9.35. The predicted octanol–water partition coefficient (Wildman–Crippen LogP) is 9.25. The smallest absolute Gasteiger partial charge is 0.306 e. The molecule has 3 aliphatic carbocycles. The normalized spacial score (nSPS) is 32.2. The number of rotatable bonds is 14. The third kappa shape index (κ3) is 8.35. The molecule has 0 aromatic carbocycles. The topological polar surface area (TPSA) is 26.3 Å². The van der Waals surface area contributed by atoms with Crippen LogP contribution in [0.4, 0.5) is 0 Å². The molecule has 0 bridgehead atoms. The molecular weight excluding hydrogens is 392 g/mol. The van der Waals surface area contributed by atoms with Gasteiger partial charge in [-0.2, -0.15) is 0 Å². The second kappa shape index (κ2) is 14.7. The van der Waals surface area contributed by atoms with E-state index in [9.17, 15) is 4.79 Å². The van der Waals surface area contributed by atoms with Crippen molar-refractivity contribution in [1.29, 1.82) is 0 Å². The van der Waals surface area contributed by atoms with Crippen LogP contribution in [-0.4, -0.2) is 12.1 Å². The number of ether oxygens (including phenoxy) is 1. The number of hydrogen-bond donors (Lipinski definition) is 0. The molecule has 3 fully saturated rings. The van der Waals surface area contributed by atoms with Crippen LogP contribution in [-0.2, 0) is 9.53 Å². The molecule has 6 unspecified atom stereocenters. The molecule has 0 heterocycles. The van der Waals surface area contributed by atoms with E-state index in [4.69, 9.17) is 4.74 Å². The average Bonchev–Trinajstić information content (AvgIpc) is 2.80. The van der Waals surface area contributed by atoms with Gasteiger partial charge in [0.1, 0.15) is 6.10 Å². The number of carbonyl (C=O) groups is 1. The zero-order valence-corrected chi connectivity index (χ0v) is 21.6. The molecule has 0 aromatic heterocycles. The van der Waals surface area contributed by atoms with Gasteiger partial charge in [-0.15, -0.1) is 0 Å². The van der Waals surface area contributed by atoms with E-state index in [1.54, 1.807) is 0 Å². The van der Waals surface area contributed by atoms with Crippen LogP contribution in [0.3, 0.4) is 0 Å². The Morgan fingerprint density at radius 2 is 1.25 bits per heavy atom. The summed E-state index contributed by atoms with van der Waals surface area (Å²) in [6.45, 7) is 4.54. The minimum Gasteiger partial charge on any atom is -0.462 e. The first kappa shape index (κ1) is 26.1. The summed E-state index contributed by atoms with van der Waals surface area (Å²) in [5, 5.41) is 0. The lowest BCUT2D eigenvalue weighted by Crippen LogP contribution is -2.43. The SMILES string of the molecule is CCCCCCCCC1CCC2C(CCC3CC(OC(=O)CCCCCCC)CCC32)C1. The van der Waals surface area contributed by atoms with Gasteiger partial charge in [-0.3, -0.25) is 4.79 Å². The Morgan fingerprint density at radius 3 is 1.97 bits per heavy atom. The highest BCUT2D eigenvalue weighted by Crippen LogP contribution is 2.53. The molecule has 6 atom stereocenters. The molecule has 2 nitrogen and oxygen atoms in total. The molecule has 0 spiro atoms. The van der Waals surface area contributed by atoms with E-state index in [-0.39, 0.29) is 12.1 Å². The Hall–Kier alpha value is -0.530. The Kier molecular flexibility index (Phi) is 12.0. The number of hydrogen-bond acceptors (Lipinski definition) is 2. The average molecular weight is 447 g/mol. The van der Waals surface area contributed by atoms with Gasteiger partial charge in [-0.25, -0.2) is 0 Å². The monoisotopic (exact) mass is 446 g/mol. The number of carbonyl (C=O) groups excluding carboxylic acids is 1. The van der Waals surface area contributed by atoms with E-state index in [0.29, 0.717) is 6.42 Å². The van der Waals surface area contributed by atoms with Gasteiger partial charge in [0.05, 0.1) is 0 Å². The second-order valence-electron chi connectivity index (χ2n) is 11.7. The molecule has 2 heteroatoms. The summed E-state index contributed by atoms with van der Waals surface area (Å²) in [5.41, 5.74) is 0. The van der Waals surface area contributed by atoms with Gasteiger partial charge >= 0.3 is 5.97 Å². The molecule has 0 N–H and O–H groups in total. The summed E-state index contributed by atoms with van der Waals surface area (Å²) < 4.78 is 5.94. The molecule has 3 aliphatic rings. The van der Waals surface area contributed by atoms with Crippen LogP contribution in [0.25, 0.3) is 0 Å². The van der Waals surface area contributed by atoms with Crippen LogP contribution < -0.4 is 0 Å². The summed E-state index contributed by atoms with van der Waals surface area (Å²) in [5.74, 6) is 4.87. The fourth-order valence-electron chi connectivity index (χ4n) is 7.55. The fourth-order valence-corrected chi connectivity index (χ4v) is 7.55. The van der Waals surface area contributed by atoms with E-state index < -0.39 is 0 Å². The van der Waals surface area contributed by atoms with Crippen LogP contribution in [0.15, 0.2) is 0 Å². The van der Waals surface area contributed by atoms with Crippen molar-refractivity contribution in [3.8, 4) is 0 Å². The lowest BCUT2D eigenvalue weighted by atomic mass is 9.56. The largest absolute Gasteiger partial charge is 0.462 e. The predicted molar refractivity (Wildman–Crippen MR) is 136 cm³/mol. The van der Waals surface area contributed by atoms with Crippen LogP contribution in [0.1, 0.15) is 149 Å². The van der Waals surface area contributed by atoms with E-state index in [0.717, 1.165) is 48.9 Å². The molecule has 0 aromatic rings.